The number of aryl methyl sites for hydroxylation is 1. The lowest BCUT2D eigenvalue weighted by Gasteiger charge is -2.12. The first-order chi connectivity index (χ1) is 8.27. The highest BCUT2D eigenvalue weighted by molar-refractivity contribution is 5.51. The zero-order chi connectivity index (χ0) is 13.7. The van der Waals surface area contributed by atoms with Crippen molar-refractivity contribution in [2.45, 2.75) is 41.5 Å². The molecular weight excluding hydrogens is 208 g/mol. The van der Waals surface area contributed by atoms with Crippen molar-refractivity contribution in [2.24, 2.45) is 5.10 Å². The Morgan fingerprint density at radius 3 is 1.88 bits per heavy atom. The van der Waals surface area contributed by atoms with E-state index in [9.17, 15) is 0 Å². The zero-order valence-corrected chi connectivity index (χ0v) is 12.1. The summed E-state index contributed by atoms with van der Waals surface area (Å²) in [5.74, 6) is 0. The number of anilines is 1. The van der Waals surface area contributed by atoms with Crippen LogP contribution in [0.5, 0.6) is 0 Å². The van der Waals surface area contributed by atoms with Crippen molar-refractivity contribution < 1.29 is 0 Å². The number of allylic oxidation sites excluding steroid dienone is 1. The Balaban J connectivity index is 0. The fourth-order valence-corrected chi connectivity index (χ4v) is 1.05. The second kappa shape index (κ2) is 12.5. The van der Waals surface area contributed by atoms with E-state index in [0.29, 0.717) is 0 Å². The molecule has 0 N–H and O–H groups in total. The van der Waals surface area contributed by atoms with Crippen LogP contribution in [-0.4, -0.2) is 6.72 Å². The normalized spacial score (nSPS) is 8.59. The van der Waals surface area contributed by atoms with Crippen LogP contribution in [0.15, 0.2) is 41.6 Å². The van der Waals surface area contributed by atoms with Gasteiger partial charge in [0.2, 0.25) is 0 Å². The van der Waals surface area contributed by atoms with E-state index in [1.54, 1.807) is 5.01 Å². The molecule has 0 atom stereocenters. The molecule has 96 valence electrons. The smallest absolute Gasteiger partial charge is 0.0645 e. The Bertz CT molecular complexity index is 299. The zero-order valence-electron chi connectivity index (χ0n) is 12.1. The Morgan fingerprint density at radius 1 is 1.06 bits per heavy atom. The third kappa shape index (κ3) is 7.34. The number of hydrogen-bond acceptors (Lipinski definition) is 2. The SMILES string of the molecule is C=NN(/C=C\C)c1ccc(C)cc1.CC.CC. The van der Waals surface area contributed by atoms with Crippen LogP contribution in [-0.2, 0) is 0 Å². The minimum Gasteiger partial charge on any atom is -0.242 e. The lowest BCUT2D eigenvalue weighted by molar-refractivity contribution is 1.09. The quantitative estimate of drug-likeness (QED) is 0.530. The standard InChI is InChI=1S/C11H14N2.2C2H6/c1-4-9-13(12-3)11-7-5-10(2)6-8-11;2*1-2/h4-9H,3H2,1-2H3;2*1-2H3/b9-4-;;. The summed E-state index contributed by atoms with van der Waals surface area (Å²) in [5.41, 5.74) is 2.27. The van der Waals surface area contributed by atoms with E-state index < -0.39 is 0 Å². The molecule has 0 bridgehead atoms. The molecule has 0 aliphatic carbocycles. The number of nitrogens with zero attached hydrogens (tertiary/aromatic N) is 2. The maximum Gasteiger partial charge on any atom is 0.0645 e. The van der Waals surface area contributed by atoms with Crippen LogP contribution in [0, 0.1) is 6.92 Å². The van der Waals surface area contributed by atoms with E-state index in [1.807, 2.05) is 59.0 Å². The predicted molar refractivity (Wildman–Crippen MR) is 80.7 cm³/mol. The van der Waals surface area contributed by atoms with Crippen LogP contribution in [0.25, 0.3) is 0 Å². The highest BCUT2D eigenvalue weighted by atomic mass is 15.4. The highest BCUT2D eigenvalue weighted by Gasteiger charge is 1.97. The number of benzene rings is 1. The second-order valence-corrected chi connectivity index (χ2v) is 2.80. The molecule has 0 fully saturated rings. The van der Waals surface area contributed by atoms with Crippen molar-refractivity contribution in [3.8, 4) is 0 Å². The van der Waals surface area contributed by atoms with Gasteiger partial charge in [-0.3, -0.25) is 0 Å². The predicted octanol–water partition coefficient (Wildman–Crippen LogP) is 5.00. The fraction of sp³-hybridized carbons (Fsp3) is 0.400. The summed E-state index contributed by atoms with van der Waals surface area (Å²) >= 11 is 0. The van der Waals surface area contributed by atoms with E-state index >= 15 is 0 Å². The molecule has 0 aliphatic rings. The molecule has 0 saturated heterocycles. The summed E-state index contributed by atoms with van der Waals surface area (Å²) in [7, 11) is 0. The van der Waals surface area contributed by atoms with Crippen LogP contribution in [0.1, 0.15) is 40.2 Å². The summed E-state index contributed by atoms with van der Waals surface area (Å²) in [4.78, 5) is 0. The molecule has 0 radical (unpaired) electrons. The Kier molecular flexibility index (Phi) is 13.1. The van der Waals surface area contributed by atoms with E-state index in [2.05, 4.69) is 30.9 Å². The summed E-state index contributed by atoms with van der Waals surface area (Å²) < 4.78 is 0. The van der Waals surface area contributed by atoms with Gasteiger partial charge in [-0.2, -0.15) is 5.10 Å². The molecule has 1 aromatic carbocycles. The molecule has 0 unspecified atom stereocenters. The average molecular weight is 234 g/mol. The molecule has 0 spiro atoms. The molecule has 0 aromatic heterocycles. The summed E-state index contributed by atoms with van der Waals surface area (Å²) in [5, 5.41) is 5.61. The summed E-state index contributed by atoms with van der Waals surface area (Å²) in [6.07, 6.45) is 3.80. The van der Waals surface area contributed by atoms with Gasteiger partial charge in [-0.1, -0.05) is 51.5 Å². The Labute approximate surface area is 107 Å². The first-order valence-electron chi connectivity index (χ1n) is 6.23. The minimum absolute atomic E-state index is 1.03. The monoisotopic (exact) mass is 234 g/mol. The Morgan fingerprint density at radius 2 is 1.53 bits per heavy atom. The first-order valence-corrected chi connectivity index (χ1v) is 6.23. The molecular formula is C15H26N2. The van der Waals surface area contributed by atoms with Crippen LogP contribution >= 0.6 is 0 Å². The average Bonchev–Trinajstić information content (AvgIpc) is 2.42. The van der Waals surface area contributed by atoms with Gasteiger partial charge in [0.15, 0.2) is 0 Å². The molecule has 1 aromatic rings. The molecule has 0 heterocycles. The van der Waals surface area contributed by atoms with Crippen LogP contribution in [0.4, 0.5) is 5.69 Å². The maximum atomic E-state index is 3.87. The van der Waals surface area contributed by atoms with Gasteiger partial charge in [-0.25, -0.2) is 5.01 Å². The van der Waals surface area contributed by atoms with Crippen LogP contribution < -0.4 is 5.01 Å². The van der Waals surface area contributed by atoms with Gasteiger partial charge in [-0.15, -0.1) is 0 Å². The van der Waals surface area contributed by atoms with Crippen molar-refractivity contribution in [1.29, 1.82) is 0 Å². The van der Waals surface area contributed by atoms with Crippen molar-refractivity contribution in [1.82, 2.24) is 0 Å². The van der Waals surface area contributed by atoms with Crippen LogP contribution in [0.3, 0.4) is 0 Å². The van der Waals surface area contributed by atoms with Gasteiger partial charge < -0.3 is 0 Å². The van der Waals surface area contributed by atoms with Crippen LogP contribution in [0.2, 0.25) is 0 Å². The molecule has 1 rings (SSSR count). The van der Waals surface area contributed by atoms with E-state index in [1.165, 1.54) is 5.56 Å². The van der Waals surface area contributed by atoms with Gasteiger partial charge in [0.1, 0.15) is 0 Å². The summed E-state index contributed by atoms with van der Waals surface area (Å²) in [6.45, 7) is 15.5. The van der Waals surface area contributed by atoms with E-state index in [-0.39, 0.29) is 0 Å². The van der Waals surface area contributed by atoms with Gasteiger partial charge in [0.25, 0.3) is 0 Å². The van der Waals surface area contributed by atoms with Gasteiger partial charge in [0.05, 0.1) is 5.69 Å². The number of hydrazone groups is 1. The second-order valence-electron chi connectivity index (χ2n) is 2.80. The van der Waals surface area contributed by atoms with Gasteiger partial charge in [0, 0.05) is 12.9 Å². The minimum atomic E-state index is 1.03. The van der Waals surface area contributed by atoms with Gasteiger partial charge in [-0.05, 0) is 26.0 Å². The van der Waals surface area contributed by atoms with Crippen molar-refractivity contribution in [3.63, 3.8) is 0 Å². The largest absolute Gasteiger partial charge is 0.242 e. The topological polar surface area (TPSA) is 15.6 Å². The lowest BCUT2D eigenvalue weighted by atomic mass is 10.2. The van der Waals surface area contributed by atoms with Gasteiger partial charge >= 0.3 is 0 Å². The van der Waals surface area contributed by atoms with Crippen molar-refractivity contribution >= 4 is 12.4 Å². The molecule has 17 heavy (non-hydrogen) atoms. The lowest BCUT2D eigenvalue weighted by Crippen LogP contribution is -2.05. The third-order valence-electron chi connectivity index (χ3n) is 1.74. The molecule has 0 saturated carbocycles. The maximum absolute atomic E-state index is 3.87. The molecule has 2 nitrogen and oxygen atoms in total. The first kappa shape index (κ1) is 17.8. The summed E-state index contributed by atoms with van der Waals surface area (Å²) in [6, 6.07) is 8.14. The number of hydrogen-bond donors (Lipinski definition) is 0. The fourth-order valence-electron chi connectivity index (χ4n) is 1.05. The van der Waals surface area contributed by atoms with E-state index in [0.717, 1.165) is 5.69 Å². The van der Waals surface area contributed by atoms with Crippen molar-refractivity contribution in [2.75, 3.05) is 5.01 Å². The molecule has 2 heteroatoms. The molecule has 0 amide bonds. The molecule has 0 aliphatic heterocycles. The Hall–Kier alpha value is -1.57. The highest BCUT2D eigenvalue weighted by Crippen LogP contribution is 2.15. The van der Waals surface area contributed by atoms with E-state index in [4.69, 9.17) is 0 Å². The third-order valence-corrected chi connectivity index (χ3v) is 1.74. The van der Waals surface area contributed by atoms with Crippen molar-refractivity contribution in [3.05, 3.63) is 42.1 Å². The number of rotatable bonds is 3.